The average molecular weight is 402 g/mol. The molecule has 1 saturated heterocycles. The van der Waals surface area contributed by atoms with Gasteiger partial charge in [-0.15, -0.1) is 0 Å². The van der Waals surface area contributed by atoms with E-state index >= 15 is 0 Å². The molecule has 1 fully saturated rings. The molecular formula is C19H24N5O5+. The van der Waals surface area contributed by atoms with Gasteiger partial charge < -0.3 is 30.6 Å². The summed E-state index contributed by atoms with van der Waals surface area (Å²) in [6.45, 7) is 3.94. The van der Waals surface area contributed by atoms with Crippen LogP contribution in [0.1, 0.15) is 22.9 Å². The molecule has 3 aromatic rings. The first-order valence-electron chi connectivity index (χ1n) is 9.24. The molecule has 10 heteroatoms. The lowest BCUT2D eigenvalue weighted by atomic mass is 10.1. The molecule has 2 aromatic heterocycles. The maximum absolute atomic E-state index is 10.2. The molecule has 5 N–H and O–H groups in total. The van der Waals surface area contributed by atoms with Crippen LogP contribution in [0.4, 0.5) is 5.82 Å². The van der Waals surface area contributed by atoms with Gasteiger partial charge in [0, 0.05) is 0 Å². The summed E-state index contributed by atoms with van der Waals surface area (Å²) in [5, 5.41) is 29.5. The number of fused-ring (bicyclic) bond motifs is 1. The van der Waals surface area contributed by atoms with Gasteiger partial charge in [0.1, 0.15) is 24.6 Å². The molecule has 4 rings (SSSR count). The van der Waals surface area contributed by atoms with E-state index < -0.39 is 31.1 Å². The first-order valence-corrected chi connectivity index (χ1v) is 9.24. The largest absolute Gasteiger partial charge is 0.394 e. The summed E-state index contributed by atoms with van der Waals surface area (Å²) < 4.78 is 8.36. The van der Waals surface area contributed by atoms with E-state index in [1.165, 1.54) is 22.0 Å². The summed E-state index contributed by atoms with van der Waals surface area (Å²) in [5.74, 6) is 0.241. The van der Waals surface area contributed by atoms with Gasteiger partial charge >= 0.3 is 0 Å². The molecule has 0 unspecified atom stereocenters. The second-order valence-corrected chi connectivity index (χ2v) is 7.28. The lowest BCUT2D eigenvalue weighted by molar-refractivity contribution is -0.885. The Hall–Kier alpha value is -2.79. The molecule has 10 nitrogen and oxygen atoms in total. The predicted molar refractivity (Wildman–Crippen MR) is 101 cm³/mol. The van der Waals surface area contributed by atoms with Crippen LogP contribution in [0, 0.1) is 13.8 Å². The van der Waals surface area contributed by atoms with Crippen molar-refractivity contribution in [3.05, 3.63) is 47.5 Å². The SMILES string of the molecule is Cc1cc(C)cc(CO[n+]2cnc3c(ncn3[C@@H]3O[C@H](CO)[C@@H](O)[C@H]3O)c2N)c1. The fourth-order valence-electron chi connectivity index (χ4n) is 3.63. The van der Waals surface area contributed by atoms with Crippen molar-refractivity contribution in [2.45, 2.75) is 45.0 Å². The fraction of sp³-hybridized carbons (Fsp3) is 0.421. The van der Waals surface area contributed by atoms with Crippen LogP contribution >= 0.6 is 0 Å². The number of nitrogen functional groups attached to an aromatic ring is 1. The molecule has 1 aliphatic rings. The average Bonchev–Trinajstić information content (AvgIpc) is 3.22. The molecule has 0 spiro atoms. The van der Waals surface area contributed by atoms with Crippen LogP contribution < -0.4 is 15.3 Å². The number of hydrogen-bond donors (Lipinski definition) is 4. The van der Waals surface area contributed by atoms with Crippen molar-refractivity contribution >= 4 is 17.0 Å². The molecular weight excluding hydrogens is 378 g/mol. The number of benzene rings is 1. The molecule has 4 atom stereocenters. The zero-order valence-electron chi connectivity index (χ0n) is 16.1. The van der Waals surface area contributed by atoms with E-state index in [-0.39, 0.29) is 5.82 Å². The molecule has 154 valence electrons. The third kappa shape index (κ3) is 3.51. The van der Waals surface area contributed by atoms with Gasteiger partial charge in [-0.05, 0) is 19.4 Å². The number of anilines is 1. The van der Waals surface area contributed by atoms with Gasteiger partial charge in [0.05, 0.1) is 6.61 Å². The predicted octanol–water partition coefficient (Wildman–Crippen LogP) is -0.842. The molecule has 0 saturated carbocycles. The standard InChI is InChI=1S/C19H23N5O5/c1-10-3-11(2)5-12(4-10)7-28-24-9-22-18-14(17(24)20)21-8-23(18)19-16(27)15(26)13(6-25)29-19/h3-5,8-9,13,15-16,19-20,25-27H,6-7H2,1-2H3/p+1/t13-,15-,16-,19-/m1/s1. The molecule has 3 heterocycles. The Balaban J connectivity index is 1.59. The number of rotatable bonds is 5. The van der Waals surface area contributed by atoms with E-state index in [0.717, 1.165) is 16.7 Å². The lowest BCUT2D eigenvalue weighted by Gasteiger charge is -2.15. The van der Waals surface area contributed by atoms with Crippen LogP contribution in [0.2, 0.25) is 0 Å². The topological polar surface area (TPSA) is 140 Å². The van der Waals surface area contributed by atoms with Crippen molar-refractivity contribution in [3.8, 4) is 0 Å². The normalized spacial score (nSPS) is 24.3. The summed E-state index contributed by atoms with van der Waals surface area (Å²) in [6.07, 6.45) is -1.44. The number of aromatic nitrogens is 4. The quantitative estimate of drug-likeness (QED) is 0.405. The number of ether oxygens (including phenoxy) is 1. The van der Waals surface area contributed by atoms with Crippen LogP contribution in [-0.4, -0.2) is 54.8 Å². The Morgan fingerprint density at radius 3 is 2.55 bits per heavy atom. The van der Waals surface area contributed by atoms with Gasteiger partial charge in [0.15, 0.2) is 12.8 Å². The number of aliphatic hydroxyl groups excluding tert-OH is 3. The minimum atomic E-state index is -1.24. The second kappa shape index (κ2) is 7.56. The van der Waals surface area contributed by atoms with Crippen LogP contribution in [0.3, 0.4) is 0 Å². The minimum absolute atomic E-state index is 0.241. The molecule has 0 aliphatic carbocycles. The number of nitrogens with zero attached hydrogens (tertiary/aromatic N) is 4. The first-order chi connectivity index (χ1) is 13.9. The van der Waals surface area contributed by atoms with Gasteiger partial charge in [-0.2, -0.15) is 0 Å². The Morgan fingerprint density at radius 1 is 1.17 bits per heavy atom. The van der Waals surface area contributed by atoms with E-state index in [9.17, 15) is 15.3 Å². The third-order valence-corrected chi connectivity index (χ3v) is 4.98. The Labute approximate surface area is 166 Å². The summed E-state index contributed by atoms with van der Waals surface area (Å²) >= 11 is 0. The van der Waals surface area contributed by atoms with E-state index in [1.807, 2.05) is 26.0 Å². The van der Waals surface area contributed by atoms with Crippen molar-refractivity contribution < 1.29 is 29.6 Å². The van der Waals surface area contributed by atoms with Crippen LogP contribution in [0.25, 0.3) is 11.2 Å². The van der Waals surface area contributed by atoms with Crippen LogP contribution in [-0.2, 0) is 11.3 Å². The van der Waals surface area contributed by atoms with E-state index in [4.69, 9.17) is 15.3 Å². The first kappa shape index (κ1) is 19.5. The fourth-order valence-corrected chi connectivity index (χ4v) is 3.63. The number of aliphatic hydroxyl groups is 3. The highest BCUT2D eigenvalue weighted by Gasteiger charge is 2.44. The molecule has 0 amide bonds. The maximum Gasteiger partial charge on any atom is 0.289 e. The number of aryl methyl sites for hydroxylation is 2. The van der Waals surface area contributed by atoms with Gasteiger partial charge in [-0.25, -0.2) is 4.98 Å². The van der Waals surface area contributed by atoms with Crippen molar-refractivity contribution in [1.82, 2.24) is 14.5 Å². The number of imidazole rings is 1. The summed E-state index contributed by atoms with van der Waals surface area (Å²) in [6, 6.07) is 6.15. The molecule has 0 radical (unpaired) electrons. The van der Waals surface area contributed by atoms with Crippen LogP contribution in [0.5, 0.6) is 0 Å². The van der Waals surface area contributed by atoms with Gasteiger partial charge in [0.2, 0.25) is 11.2 Å². The summed E-state index contributed by atoms with van der Waals surface area (Å²) in [7, 11) is 0. The summed E-state index contributed by atoms with van der Waals surface area (Å²) in [4.78, 5) is 14.4. The molecule has 1 aliphatic heterocycles. The highest BCUT2D eigenvalue weighted by atomic mass is 16.7. The van der Waals surface area contributed by atoms with Crippen LogP contribution in [0.15, 0.2) is 30.9 Å². The molecule has 29 heavy (non-hydrogen) atoms. The smallest absolute Gasteiger partial charge is 0.289 e. The second-order valence-electron chi connectivity index (χ2n) is 7.28. The van der Waals surface area contributed by atoms with Crippen molar-refractivity contribution in [3.63, 3.8) is 0 Å². The Bertz CT molecular complexity index is 1020. The van der Waals surface area contributed by atoms with Gasteiger partial charge in [0.25, 0.3) is 12.1 Å². The van der Waals surface area contributed by atoms with E-state index in [2.05, 4.69) is 16.0 Å². The highest BCUT2D eigenvalue weighted by molar-refractivity contribution is 5.79. The lowest BCUT2D eigenvalue weighted by Crippen LogP contribution is -2.45. The Morgan fingerprint density at radius 2 is 1.90 bits per heavy atom. The molecule has 1 aromatic carbocycles. The maximum atomic E-state index is 10.2. The van der Waals surface area contributed by atoms with E-state index in [1.54, 1.807) is 0 Å². The van der Waals surface area contributed by atoms with Gasteiger partial charge in [-0.3, -0.25) is 4.57 Å². The molecule has 0 bridgehead atoms. The zero-order valence-corrected chi connectivity index (χ0v) is 16.1. The van der Waals surface area contributed by atoms with Gasteiger partial charge in [-0.1, -0.05) is 39.0 Å². The van der Waals surface area contributed by atoms with E-state index in [0.29, 0.717) is 17.8 Å². The number of nitrogens with two attached hydrogens (primary N) is 1. The zero-order chi connectivity index (χ0) is 20.7. The monoisotopic (exact) mass is 402 g/mol. The van der Waals surface area contributed by atoms with Crippen molar-refractivity contribution in [1.29, 1.82) is 0 Å². The number of hydrogen-bond acceptors (Lipinski definition) is 8. The Kier molecular flexibility index (Phi) is 5.09. The highest BCUT2D eigenvalue weighted by Crippen LogP contribution is 2.31. The minimum Gasteiger partial charge on any atom is -0.394 e. The van der Waals surface area contributed by atoms with Crippen molar-refractivity contribution in [2.75, 3.05) is 12.3 Å². The van der Waals surface area contributed by atoms with Crippen molar-refractivity contribution in [2.24, 2.45) is 0 Å². The summed E-state index contributed by atoms with van der Waals surface area (Å²) in [5.41, 5.74) is 10.2. The third-order valence-electron chi connectivity index (χ3n) is 4.98.